The van der Waals surface area contributed by atoms with E-state index in [0.717, 1.165) is 40.9 Å². The van der Waals surface area contributed by atoms with Crippen LogP contribution >= 0.6 is 0 Å². The minimum atomic E-state index is -3.48. The van der Waals surface area contributed by atoms with Gasteiger partial charge in [-0.3, -0.25) is 34.1 Å². The Morgan fingerprint density at radius 3 is 2.18 bits per heavy atom. The van der Waals surface area contributed by atoms with Gasteiger partial charge in [0.2, 0.25) is 27.8 Å². The molecule has 56 heavy (non-hydrogen) atoms. The Morgan fingerprint density at radius 2 is 1.50 bits per heavy atom. The van der Waals surface area contributed by atoms with Crippen molar-refractivity contribution in [2.45, 2.75) is 57.6 Å². The van der Waals surface area contributed by atoms with Crippen LogP contribution in [0.1, 0.15) is 77.1 Å². The monoisotopic (exact) mass is 784 g/mol. The molecule has 294 valence electrons. The molecule has 0 bridgehead atoms. The molecule has 2 aliphatic rings. The van der Waals surface area contributed by atoms with Crippen molar-refractivity contribution in [1.82, 2.24) is 20.2 Å². The van der Waals surface area contributed by atoms with Crippen LogP contribution in [0.15, 0.2) is 79.0 Å². The topological polar surface area (TPSA) is 195 Å². The molecule has 3 aromatic carbocycles. The number of imide groups is 2. The molecule has 1 fully saturated rings. The fourth-order valence-electron chi connectivity index (χ4n) is 6.39. The fourth-order valence-corrected chi connectivity index (χ4v) is 6.82. The van der Waals surface area contributed by atoms with Crippen LogP contribution in [-0.4, -0.2) is 85.6 Å². The first-order valence-electron chi connectivity index (χ1n) is 18.2. The summed E-state index contributed by atoms with van der Waals surface area (Å²) in [6.07, 6.45) is 4.14. The second-order valence-electron chi connectivity index (χ2n) is 14.0. The van der Waals surface area contributed by atoms with E-state index in [2.05, 4.69) is 51.3 Å². The van der Waals surface area contributed by atoms with E-state index in [9.17, 15) is 27.6 Å². The molecule has 1 saturated heterocycles. The first kappa shape index (κ1) is 39.8. The Hall–Kier alpha value is -5.87. The van der Waals surface area contributed by atoms with Gasteiger partial charge in [0.1, 0.15) is 24.1 Å². The molecule has 6 rings (SSSR count). The van der Waals surface area contributed by atoms with E-state index in [1.807, 2.05) is 36.4 Å². The summed E-state index contributed by atoms with van der Waals surface area (Å²) < 4.78 is 42.8. The van der Waals surface area contributed by atoms with E-state index in [1.54, 1.807) is 24.3 Å². The lowest BCUT2D eigenvalue weighted by Gasteiger charge is -2.27. The zero-order chi connectivity index (χ0) is 39.9. The van der Waals surface area contributed by atoms with Gasteiger partial charge < -0.3 is 19.5 Å². The Bertz CT molecular complexity index is 2190. The standard InChI is InChI=1S/C40H44N6O9S/c1-40(2,27-8-13-31(14-9-27)55-25-29-18-20-42-39(43-29)45-56(3,51)52)26-6-11-30(12-7-26)54-23-5-22-53-21-4-19-41-28-10-15-32-33(24-28)38(50)46(37(32)49)34-16-17-35(47)44-36(34)48/h6-15,18,20,24,34,41H,4-5,16-17,19,21-23,25H2,1-3H3,(H,42,43,45)(H,44,47,48). The van der Waals surface area contributed by atoms with Crippen molar-refractivity contribution in [3.63, 3.8) is 0 Å². The van der Waals surface area contributed by atoms with Crippen molar-refractivity contribution in [3.8, 4) is 11.5 Å². The lowest BCUT2D eigenvalue weighted by Crippen LogP contribution is -2.54. The lowest BCUT2D eigenvalue weighted by atomic mass is 9.78. The van der Waals surface area contributed by atoms with E-state index in [0.29, 0.717) is 43.5 Å². The van der Waals surface area contributed by atoms with Crippen LogP contribution in [0.3, 0.4) is 0 Å². The number of carbonyl (C=O) groups is 4. The summed E-state index contributed by atoms with van der Waals surface area (Å²) in [6.45, 7) is 6.62. The molecule has 15 nitrogen and oxygen atoms in total. The van der Waals surface area contributed by atoms with Gasteiger partial charge in [0.15, 0.2) is 0 Å². The summed E-state index contributed by atoms with van der Waals surface area (Å²) in [5, 5.41) is 5.45. The summed E-state index contributed by atoms with van der Waals surface area (Å²) in [7, 11) is -3.48. The van der Waals surface area contributed by atoms with Crippen LogP contribution in [-0.2, 0) is 36.4 Å². The van der Waals surface area contributed by atoms with Crippen molar-refractivity contribution in [1.29, 1.82) is 0 Å². The smallest absolute Gasteiger partial charge is 0.262 e. The Kier molecular flexibility index (Phi) is 12.3. The van der Waals surface area contributed by atoms with Crippen molar-refractivity contribution < 1.29 is 41.8 Å². The molecule has 1 aromatic heterocycles. The van der Waals surface area contributed by atoms with Gasteiger partial charge in [-0.05, 0) is 72.5 Å². The SMILES string of the molecule is CC(C)(c1ccc(OCCCOCCCNc2ccc3c(c2)C(=O)N(C2CCC(=O)NC2=O)C3=O)cc1)c1ccc(OCc2ccnc(NS(C)(=O)=O)n2)cc1. The van der Waals surface area contributed by atoms with Gasteiger partial charge >= 0.3 is 0 Å². The molecular formula is C40H44N6O9S. The molecule has 1 unspecified atom stereocenters. The van der Waals surface area contributed by atoms with Crippen molar-refractivity contribution in [2.75, 3.05) is 42.7 Å². The van der Waals surface area contributed by atoms with E-state index in [1.165, 1.54) is 6.20 Å². The highest BCUT2D eigenvalue weighted by Gasteiger charge is 2.44. The summed E-state index contributed by atoms with van der Waals surface area (Å²) in [4.78, 5) is 58.8. The summed E-state index contributed by atoms with van der Waals surface area (Å²) >= 11 is 0. The minimum Gasteiger partial charge on any atom is -0.494 e. The quantitative estimate of drug-likeness (QED) is 0.0950. The molecule has 3 N–H and O–H groups in total. The number of benzene rings is 3. The molecule has 3 heterocycles. The molecule has 0 radical (unpaired) electrons. The average Bonchev–Trinajstić information content (AvgIpc) is 3.41. The van der Waals surface area contributed by atoms with Crippen LogP contribution < -0.4 is 24.8 Å². The van der Waals surface area contributed by atoms with Crippen LogP contribution in [0.2, 0.25) is 0 Å². The van der Waals surface area contributed by atoms with Crippen LogP contribution in [0.25, 0.3) is 0 Å². The zero-order valence-corrected chi connectivity index (χ0v) is 32.2. The fraction of sp³-hybridized carbons (Fsp3) is 0.350. The Labute approximate surface area is 325 Å². The number of rotatable bonds is 18. The van der Waals surface area contributed by atoms with E-state index in [4.69, 9.17) is 14.2 Å². The summed E-state index contributed by atoms with van der Waals surface area (Å²) in [5.41, 5.74) is 3.63. The van der Waals surface area contributed by atoms with Gasteiger partial charge in [-0.1, -0.05) is 38.1 Å². The largest absolute Gasteiger partial charge is 0.494 e. The van der Waals surface area contributed by atoms with Gasteiger partial charge in [0.25, 0.3) is 11.8 Å². The number of ether oxygens (including phenoxy) is 3. The normalized spacial score (nSPS) is 15.7. The molecule has 0 saturated carbocycles. The first-order chi connectivity index (χ1) is 26.8. The second-order valence-corrected chi connectivity index (χ2v) is 15.8. The molecule has 0 spiro atoms. The molecule has 2 aliphatic heterocycles. The number of amides is 4. The third-order valence-electron chi connectivity index (χ3n) is 9.46. The molecular weight excluding hydrogens is 741 g/mol. The highest BCUT2D eigenvalue weighted by Crippen LogP contribution is 2.34. The maximum atomic E-state index is 13.0. The third-order valence-corrected chi connectivity index (χ3v) is 10.0. The van der Waals surface area contributed by atoms with Crippen molar-refractivity contribution >= 4 is 45.3 Å². The number of sulfonamides is 1. The van der Waals surface area contributed by atoms with Gasteiger partial charge in [0, 0.05) is 49.9 Å². The summed E-state index contributed by atoms with van der Waals surface area (Å²) in [6, 6.07) is 21.5. The zero-order valence-electron chi connectivity index (χ0n) is 31.4. The molecule has 4 aromatic rings. The molecule has 16 heteroatoms. The van der Waals surface area contributed by atoms with Gasteiger partial charge in [0.05, 0.1) is 29.7 Å². The van der Waals surface area contributed by atoms with Crippen molar-refractivity contribution in [2.24, 2.45) is 0 Å². The second kappa shape index (κ2) is 17.3. The number of carbonyl (C=O) groups excluding carboxylic acids is 4. The number of hydrogen-bond acceptors (Lipinski definition) is 12. The third kappa shape index (κ3) is 9.86. The first-order valence-corrected chi connectivity index (χ1v) is 20.1. The predicted octanol–water partition coefficient (Wildman–Crippen LogP) is 4.44. The highest BCUT2D eigenvalue weighted by atomic mass is 32.2. The average molecular weight is 785 g/mol. The van der Waals surface area contributed by atoms with E-state index >= 15 is 0 Å². The molecule has 0 aliphatic carbocycles. The van der Waals surface area contributed by atoms with Crippen LogP contribution in [0.4, 0.5) is 11.6 Å². The highest BCUT2D eigenvalue weighted by molar-refractivity contribution is 7.92. The Morgan fingerprint density at radius 1 is 0.839 bits per heavy atom. The van der Waals surface area contributed by atoms with Gasteiger partial charge in [-0.15, -0.1) is 0 Å². The predicted molar refractivity (Wildman–Crippen MR) is 207 cm³/mol. The maximum absolute atomic E-state index is 13.0. The molecule has 4 amide bonds. The minimum absolute atomic E-state index is 0.00484. The van der Waals surface area contributed by atoms with Crippen LogP contribution in [0.5, 0.6) is 11.5 Å². The number of fused-ring (bicyclic) bond motifs is 1. The van der Waals surface area contributed by atoms with Crippen LogP contribution in [0, 0.1) is 0 Å². The number of hydrogen-bond donors (Lipinski definition) is 3. The van der Waals surface area contributed by atoms with E-state index in [-0.39, 0.29) is 41.9 Å². The van der Waals surface area contributed by atoms with Crippen molar-refractivity contribution in [3.05, 3.63) is 107 Å². The van der Waals surface area contributed by atoms with E-state index < -0.39 is 39.7 Å². The maximum Gasteiger partial charge on any atom is 0.262 e. The number of piperidine rings is 1. The van der Waals surface area contributed by atoms with Gasteiger partial charge in [-0.25, -0.2) is 18.4 Å². The molecule has 1 atom stereocenters. The number of aromatic nitrogens is 2. The number of anilines is 2. The number of nitrogens with one attached hydrogen (secondary N) is 3. The van der Waals surface area contributed by atoms with Gasteiger partial charge in [-0.2, -0.15) is 0 Å². The Balaban J connectivity index is 0.869. The lowest BCUT2D eigenvalue weighted by molar-refractivity contribution is -0.136. The summed E-state index contributed by atoms with van der Waals surface area (Å²) in [5.74, 6) is -0.692. The number of nitrogens with zero attached hydrogens (tertiary/aromatic N) is 3.